The van der Waals surface area contributed by atoms with E-state index in [4.69, 9.17) is 0 Å². The Morgan fingerprint density at radius 3 is 3.00 bits per heavy atom. The molecule has 2 aliphatic rings. The van der Waals surface area contributed by atoms with Crippen molar-refractivity contribution in [2.45, 2.75) is 37.4 Å². The molecule has 0 radical (unpaired) electrons. The normalized spacial score (nSPS) is 35.1. The molecule has 0 bridgehead atoms. The van der Waals surface area contributed by atoms with Gasteiger partial charge < -0.3 is 0 Å². The number of aromatic nitrogens is 1. The Kier molecular flexibility index (Phi) is 2.97. The Morgan fingerprint density at radius 2 is 2.28 bits per heavy atom. The average Bonchev–Trinajstić information content (AvgIpc) is 2.82. The third-order valence-electron chi connectivity index (χ3n) is 4.07. The summed E-state index contributed by atoms with van der Waals surface area (Å²) >= 11 is 0. The van der Waals surface area contributed by atoms with Crippen LogP contribution in [0.5, 0.6) is 0 Å². The molecule has 1 saturated carbocycles. The monoisotopic (exact) mass is 248 g/mol. The highest BCUT2D eigenvalue weighted by molar-refractivity contribution is 5.18. The molecule has 2 N–H and O–H groups in total. The number of hydrogen-bond donors (Lipinski definition) is 2. The van der Waals surface area contributed by atoms with Crippen molar-refractivity contribution in [2.75, 3.05) is 0 Å². The second-order valence-electron chi connectivity index (χ2n) is 5.08. The van der Waals surface area contributed by atoms with Crippen molar-refractivity contribution in [1.82, 2.24) is 15.8 Å². The Balaban J connectivity index is 1.80. The zero-order chi connectivity index (χ0) is 12.5. The molecule has 6 nitrogen and oxygen atoms in total. The highest BCUT2D eigenvalue weighted by atomic mass is 16.6. The topological polar surface area (TPSA) is 80.1 Å². The van der Waals surface area contributed by atoms with E-state index in [-0.39, 0.29) is 16.9 Å². The summed E-state index contributed by atoms with van der Waals surface area (Å²) in [7, 11) is 0. The van der Waals surface area contributed by atoms with Crippen LogP contribution in [0.3, 0.4) is 0 Å². The number of fused-ring (bicyclic) bond motifs is 1. The highest BCUT2D eigenvalue weighted by Gasteiger charge is 2.44. The molecule has 3 rings (SSSR count). The molecule has 18 heavy (non-hydrogen) atoms. The van der Waals surface area contributed by atoms with Crippen LogP contribution in [0.15, 0.2) is 24.5 Å². The largest absolute Gasteiger partial charge is 0.264 e. The van der Waals surface area contributed by atoms with Crippen molar-refractivity contribution < 1.29 is 4.92 Å². The smallest absolute Gasteiger partial charge is 0.213 e. The van der Waals surface area contributed by atoms with E-state index in [0.717, 1.165) is 12.0 Å². The number of rotatable bonds is 2. The zero-order valence-corrected chi connectivity index (χ0v) is 9.95. The van der Waals surface area contributed by atoms with Crippen molar-refractivity contribution in [3.8, 4) is 0 Å². The number of hydrogen-bond acceptors (Lipinski definition) is 5. The molecule has 4 atom stereocenters. The van der Waals surface area contributed by atoms with E-state index >= 15 is 0 Å². The minimum atomic E-state index is -0.396. The van der Waals surface area contributed by atoms with Gasteiger partial charge in [0.25, 0.3) is 0 Å². The molecule has 1 aliphatic heterocycles. The molecule has 6 heteroatoms. The van der Waals surface area contributed by atoms with Gasteiger partial charge in [-0.3, -0.25) is 20.5 Å². The summed E-state index contributed by atoms with van der Waals surface area (Å²) in [5, 5.41) is 10.9. The number of nitrogens with zero attached hydrogens (tertiary/aromatic N) is 2. The Hall–Kier alpha value is -1.53. The summed E-state index contributed by atoms with van der Waals surface area (Å²) in [4.78, 5) is 14.9. The SMILES string of the molecule is O=[N+]([O-])C1CCC2NNC(c3cccnc3)C2C1. The minimum absolute atomic E-state index is 0.130. The predicted molar refractivity (Wildman–Crippen MR) is 65.2 cm³/mol. The summed E-state index contributed by atoms with van der Waals surface area (Å²) < 4.78 is 0. The van der Waals surface area contributed by atoms with E-state index in [1.54, 1.807) is 6.20 Å². The van der Waals surface area contributed by atoms with E-state index in [1.807, 2.05) is 18.3 Å². The standard InChI is InChI=1S/C12H16N4O2/c17-16(18)9-3-4-11-10(6-9)12(15-14-11)8-2-1-5-13-7-8/h1-2,5,7,9-12,14-15H,3-4,6H2. The van der Waals surface area contributed by atoms with Crippen LogP contribution in [-0.4, -0.2) is 22.0 Å². The lowest BCUT2D eigenvalue weighted by Gasteiger charge is -2.29. The number of nitro groups is 1. The predicted octanol–water partition coefficient (Wildman–Crippen LogP) is 1.04. The van der Waals surface area contributed by atoms with Gasteiger partial charge in [0.15, 0.2) is 0 Å². The first-order valence-corrected chi connectivity index (χ1v) is 6.30. The summed E-state index contributed by atoms with van der Waals surface area (Å²) in [5.74, 6) is 0.276. The maximum atomic E-state index is 10.9. The fraction of sp³-hybridized carbons (Fsp3) is 0.583. The molecule has 0 amide bonds. The van der Waals surface area contributed by atoms with Gasteiger partial charge in [0, 0.05) is 42.1 Å². The van der Waals surface area contributed by atoms with Gasteiger partial charge in [0.1, 0.15) is 0 Å². The minimum Gasteiger partial charge on any atom is -0.264 e. The molecule has 2 fully saturated rings. The Morgan fingerprint density at radius 1 is 1.39 bits per heavy atom. The molecule has 96 valence electrons. The van der Waals surface area contributed by atoms with Gasteiger partial charge in [-0.25, -0.2) is 5.43 Å². The molecule has 1 aromatic heterocycles. The van der Waals surface area contributed by atoms with E-state index in [0.29, 0.717) is 18.9 Å². The molecule has 4 unspecified atom stereocenters. The van der Waals surface area contributed by atoms with Crippen LogP contribution in [0.2, 0.25) is 0 Å². The molecule has 1 saturated heterocycles. The van der Waals surface area contributed by atoms with Crippen molar-refractivity contribution in [3.05, 3.63) is 40.2 Å². The average molecular weight is 248 g/mol. The van der Waals surface area contributed by atoms with E-state index in [2.05, 4.69) is 15.8 Å². The lowest BCUT2D eigenvalue weighted by Crippen LogP contribution is -2.39. The first-order valence-electron chi connectivity index (χ1n) is 6.30. The number of pyridine rings is 1. The number of hydrazine groups is 1. The van der Waals surface area contributed by atoms with Crippen molar-refractivity contribution in [1.29, 1.82) is 0 Å². The summed E-state index contributed by atoms with van der Waals surface area (Å²) in [5.41, 5.74) is 7.63. The van der Waals surface area contributed by atoms with Crippen LogP contribution in [0.4, 0.5) is 0 Å². The Labute approximate surface area is 105 Å². The highest BCUT2D eigenvalue weighted by Crippen LogP contribution is 2.38. The van der Waals surface area contributed by atoms with Crippen molar-refractivity contribution >= 4 is 0 Å². The lowest BCUT2D eigenvalue weighted by molar-refractivity contribution is -0.528. The van der Waals surface area contributed by atoms with E-state index in [9.17, 15) is 10.1 Å². The fourth-order valence-corrected chi connectivity index (χ4v) is 3.12. The van der Waals surface area contributed by atoms with Crippen LogP contribution in [0.1, 0.15) is 30.9 Å². The Bertz CT molecular complexity index is 439. The van der Waals surface area contributed by atoms with E-state index < -0.39 is 6.04 Å². The van der Waals surface area contributed by atoms with Gasteiger partial charge in [-0.2, -0.15) is 0 Å². The molecule has 2 heterocycles. The molecule has 0 spiro atoms. The summed E-state index contributed by atoms with van der Waals surface area (Å²) in [6.45, 7) is 0. The maximum Gasteiger partial charge on any atom is 0.213 e. The maximum absolute atomic E-state index is 10.9. The van der Waals surface area contributed by atoms with Gasteiger partial charge in [-0.1, -0.05) is 6.07 Å². The van der Waals surface area contributed by atoms with Crippen molar-refractivity contribution in [3.63, 3.8) is 0 Å². The van der Waals surface area contributed by atoms with Crippen LogP contribution < -0.4 is 10.9 Å². The third kappa shape index (κ3) is 1.97. The number of nitrogens with one attached hydrogen (secondary N) is 2. The first kappa shape index (κ1) is 11.6. The van der Waals surface area contributed by atoms with Gasteiger partial charge in [-0.15, -0.1) is 0 Å². The molecule has 1 aliphatic carbocycles. The lowest BCUT2D eigenvalue weighted by atomic mass is 9.78. The van der Waals surface area contributed by atoms with Gasteiger partial charge >= 0.3 is 0 Å². The van der Waals surface area contributed by atoms with E-state index in [1.165, 1.54) is 0 Å². The zero-order valence-electron chi connectivity index (χ0n) is 9.95. The van der Waals surface area contributed by atoms with Crippen LogP contribution in [-0.2, 0) is 0 Å². The fourth-order valence-electron chi connectivity index (χ4n) is 3.12. The molecule has 1 aromatic rings. The first-order chi connectivity index (χ1) is 8.75. The van der Waals surface area contributed by atoms with Gasteiger partial charge in [0.05, 0.1) is 6.04 Å². The van der Waals surface area contributed by atoms with Gasteiger partial charge in [0.2, 0.25) is 6.04 Å². The molecular weight excluding hydrogens is 232 g/mol. The van der Waals surface area contributed by atoms with Crippen LogP contribution in [0.25, 0.3) is 0 Å². The summed E-state index contributed by atoms with van der Waals surface area (Å²) in [6.07, 6.45) is 5.74. The van der Waals surface area contributed by atoms with Crippen LogP contribution >= 0.6 is 0 Å². The molecular formula is C12H16N4O2. The third-order valence-corrected chi connectivity index (χ3v) is 4.07. The second-order valence-corrected chi connectivity index (χ2v) is 5.08. The van der Waals surface area contributed by atoms with Crippen LogP contribution in [0, 0.1) is 16.0 Å². The van der Waals surface area contributed by atoms with Crippen molar-refractivity contribution in [2.24, 2.45) is 5.92 Å². The quantitative estimate of drug-likeness (QED) is 0.604. The molecule has 0 aromatic carbocycles. The second kappa shape index (κ2) is 4.62. The summed E-state index contributed by atoms with van der Waals surface area (Å²) in [6, 6.07) is 3.99. The van der Waals surface area contributed by atoms with Gasteiger partial charge in [-0.05, 0) is 18.1 Å².